The Morgan fingerprint density at radius 3 is 1.90 bits per heavy atom. The molecule has 2 aromatic rings. The number of piperidine rings is 1. The minimum absolute atomic E-state index is 0.574. The van der Waals surface area contributed by atoms with Gasteiger partial charge in [-0.05, 0) is 41.0 Å². The Labute approximate surface area is 131 Å². The summed E-state index contributed by atoms with van der Waals surface area (Å²) in [6.07, 6.45) is 2.47. The maximum Gasteiger partial charge on any atom is 0.0640 e. The molecule has 0 bridgehead atoms. The topological polar surface area (TPSA) is 3.24 Å². The minimum Gasteiger partial charge on any atom is -0.369 e. The first-order valence-electron chi connectivity index (χ1n) is 7.76. The highest BCUT2D eigenvalue weighted by Crippen LogP contribution is 2.50. The van der Waals surface area contributed by atoms with Gasteiger partial charge in [0.15, 0.2) is 0 Å². The molecule has 1 fully saturated rings. The number of fused-ring (bicyclic) bond motifs is 3. The monoisotopic (exact) mass is 293 g/mol. The summed E-state index contributed by atoms with van der Waals surface area (Å²) in [6.45, 7) is 2.21. The Balaban J connectivity index is 1.74. The molecule has 0 atom stereocenters. The van der Waals surface area contributed by atoms with Crippen LogP contribution in [0.15, 0.2) is 48.5 Å². The number of hydrogen-bond donors (Lipinski definition) is 0. The van der Waals surface area contributed by atoms with Gasteiger partial charge in [-0.1, -0.05) is 60.7 Å². The van der Waals surface area contributed by atoms with E-state index in [4.69, 9.17) is 12.2 Å². The van der Waals surface area contributed by atoms with Crippen LogP contribution in [-0.4, -0.2) is 23.5 Å². The number of hydrogen-bond acceptors (Lipinski definition) is 1. The van der Waals surface area contributed by atoms with Crippen LogP contribution in [0.2, 0.25) is 0 Å². The van der Waals surface area contributed by atoms with E-state index in [1.807, 2.05) is 5.49 Å². The zero-order valence-corrected chi connectivity index (χ0v) is 12.9. The molecule has 0 N–H and O–H groups in total. The van der Waals surface area contributed by atoms with Crippen LogP contribution in [0.3, 0.4) is 0 Å². The molecule has 0 saturated carbocycles. The molecule has 0 amide bonds. The molecule has 1 aliphatic heterocycles. The molecule has 0 unspecified atom stereocenters. The smallest absolute Gasteiger partial charge is 0.0640 e. The summed E-state index contributed by atoms with van der Waals surface area (Å²) in [5.74, 6) is 1.31. The Hall–Kier alpha value is -1.67. The second kappa shape index (κ2) is 5.27. The van der Waals surface area contributed by atoms with Crippen molar-refractivity contribution < 1.29 is 0 Å². The predicted octanol–water partition coefficient (Wildman–Crippen LogP) is 4.47. The molecule has 21 heavy (non-hydrogen) atoms. The zero-order valence-electron chi connectivity index (χ0n) is 12.0. The fourth-order valence-electron chi connectivity index (χ4n) is 4.06. The van der Waals surface area contributed by atoms with E-state index in [1.165, 1.54) is 35.1 Å². The van der Waals surface area contributed by atoms with Crippen LogP contribution in [0.4, 0.5) is 0 Å². The molecule has 4 rings (SSSR count). The largest absolute Gasteiger partial charge is 0.369 e. The average Bonchev–Trinajstić information content (AvgIpc) is 2.90. The van der Waals surface area contributed by atoms with E-state index in [-0.39, 0.29) is 0 Å². The summed E-state index contributed by atoms with van der Waals surface area (Å²) in [5, 5.41) is 0. The lowest BCUT2D eigenvalue weighted by Gasteiger charge is -2.34. The van der Waals surface area contributed by atoms with Crippen LogP contribution in [0, 0.1) is 5.92 Å². The SMILES string of the molecule is S=CN1CCC(C2c3ccccc3-c3ccccc32)CC1. The maximum atomic E-state index is 5.07. The number of thiocarbonyl (C=S) groups is 1. The van der Waals surface area contributed by atoms with E-state index in [9.17, 15) is 0 Å². The standard InChI is InChI=1S/C19H19NS/c21-13-20-11-9-14(10-12-20)19-17-7-3-1-5-15(17)16-6-2-4-8-18(16)19/h1-8,13-14,19H,9-12H2. The van der Waals surface area contributed by atoms with Gasteiger partial charge in [-0.2, -0.15) is 0 Å². The van der Waals surface area contributed by atoms with Crippen molar-refractivity contribution in [3.05, 3.63) is 59.7 Å². The molecule has 0 aromatic heterocycles. The van der Waals surface area contributed by atoms with Crippen molar-refractivity contribution in [1.29, 1.82) is 0 Å². The Morgan fingerprint density at radius 1 is 0.857 bits per heavy atom. The van der Waals surface area contributed by atoms with Gasteiger partial charge in [0.2, 0.25) is 0 Å². The minimum atomic E-state index is 0.574. The molecule has 0 radical (unpaired) electrons. The first-order chi connectivity index (χ1) is 10.4. The normalized spacial score (nSPS) is 18.4. The first kappa shape index (κ1) is 13.0. The molecule has 2 aliphatic rings. The van der Waals surface area contributed by atoms with Gasteiger partial charge < -0.3 is 4.90 Å². The third-order valence-corrected chi connectivity index (χ3v) is 5.37. The number of likely N-dealkylation sites (tertiary alicyclic amines) is 1. The molecule has 106 valence electrons. The summed E-state index contributed by atoms with van der Waals surface area (Å²) >= 11 is 5.07. The second-order valence-electron chi connectivity index (χ2n) is 6.13. The number of benzene rings is 2. The van der Waals surface area contributed by atoms with E-state index >= 15 is 0 Å². The van der Waals surface area contributed by atoms with Crippen molar-refractivity contribution in [2.24, 2.45) is 5.92 Å². The lowest BCUT2D eigenvalue weighted by Crippen LogP contribution is -2.34. The van der Waals surface area contributed by atoms with Crippen LogP contribution in [0.25, 0.3) is 11.1 Å². The Kier molecular flexibility index (Phi) is 3.27. The van der Waals surface area contributed by atoms with E-state index in [2.05, 4.69) is 53.4 Å². The molecule has 1 nitrogen and oxygen atoms in total. The van der Waals surface area contributed by atoms with Gasteiger partial charge in [0.25, 0.3) is 0 Å². The molecular weight excluding hydrogens is 274 g/mol. The van der Waals surface area contributed by atoms with Crippen LogP contribution < -0.4 is 0 Å². The van der Waals surface area contributed by atoms with E-state index in [0.29, 0.717) is 5.92 Å². The van der Waals surface area contributed by atoms with Crippen LogP contribution in [0.5, 0.6) is 0 Å². The van der Waals surface area contributed by atoms with Crippen LogP contribution in [-0.2, 0) is 0 Å². The van der Waals surface area contributed by atoms with Crippen molar-refractivity contribution >= 4 is 17.7 Å². The Bertz CT molecular complexity index is 625. The third-order valence-electron chi connectivity index (χ3n) is 5.08. The van der Waals surface area contributed by atoms with E-state index in [0.717, 1.165) is 19.0 Å². The third kappa shape index (κ3) is 2.09. The van der Waals surface area contributed by atoms with Gasteiger partial charge in [-0.3, -0.25) is 0 Å². The van der Waals surface area contributed by atoms with Gasteiger partial charge >= 0.3 is 0 Å². The van der Waals surface area contributed by atoms with Crippen LogP contribution >= 0.6 is 12.2 Å². The van der Waals surface area contributed by atoms with Crippen molar-refractivity contribution in [2.75, 3.05) is 13.1 Å². The van der Waals surface area contributed by atoms with E-state index in [1.54, 1.807) is 0 Å². The van der Waals surface area contributed by atoms with Gasteiger partial charge in [-0.25, -0.2) is 0 Å². The molecule has 0 spiro atoms. The lowest BCUT2D eigenvalue weighted by atomic mass is 9.79. The van der Waals surface area contributed by atoms with Crippen molar-refractivity contribution in [3.63, 3.8) is 0 Å². The Morgan fingerprint density at radius 2 is 1.38 bits per heavy atom. The lowest BCUT2D eigenvalue weighted by molar-refractivity contribution is 0.258. The van der Waals surface area contributed by atoms with Crippen molar-refractivity contribution in [3.8, 4) is 11.1 Å². The molecule has 1 aliphatic carbocycles. The van der Waals surface area contributed by atoms with Crippen molar-refractivity contribution in [1.82, 2.24) is 4.90 Å². The van der Waals surface area contributed by atoms with Gasteiger partial charge in [0.1, 0.15) is 0 Å². The first-order valence-corrected chi connectivity index (χ1v) is 8.23. The zero-order chi connectivity index (χ0) is 14.2. The molecule has 2 heteroatoms. The van der Waals surface area contributed by atoms with Crippen molar-refractivity contribution in [2.45, 2.75) is 18.8 Å². The van der Waals surface area contributed by atoms with Gasteiger partial charge in [0.05, 0.1) is 5.49 Å². The highest BCUT2D eigenvalue weighted by Gasteiger charge is 2.35. The summed E-state index contributed by atoms with van der Waals surface area (Å²) in [7, 11) is 0. The highest BCUT2D eigenvalue weighted by atomic mass is 32.1. The average molecular weight is 293 g/mol. The maximum absolute atomic E-state index is 5.07. The fraction of sp³-hybridized carbons (Fsp3) is 0.316. The molecule has 2 aromatic carbocycles. The molecule has 1 saturated heterocycles. The second-order valence-corrected chi connectivity index (χ2v) is 6.34. The summed E-state index contributed by atoms with van der Waals surface area (Å²) in [6, 6.07) is 17.9. The fourth-order valence-corrected chi connectivity index (χ4v) is 4.27. The van der Waals surface area contributed by atoms with Crippen LogP contribution in [0.1, 0.15) is 29.9 Å². The number of rotatable bonds is 2. The number of nitrogens with zero attached hydrogens (tertiary/aromatic N) is 1. The highest BCUT2D eigenvalue weighted by molar-refractivity contribution is 7.78. The molecular formula is C19H19NS. The quantitative estimate of drug-likeness (QED) is 0.752. The molecule has 1 heterocycles. The van der Waals surface area contributed by atoms with Gasteiger partial charge in [-0.15, -0.1) is 0 Å². The summed E-state index contributed by atoms with van der Waals surface area (Å²) in [5.41, 5.74) is 7.76. The van der Waals surface area contributed by atoms with Gasteiger partial charge in [0, 0.05) is 19.0 Å². The summed E-state index contributed by atoms with van der Waals surface area (Å²) < 4.78 is 0. The van der Waals surface area contributed by atoms with E-state index < -0.39 is 0 Å². The predicted molar refractivity (Wildman–Crippen MR) is 91.7 cm³/mol. The summed E-state index contributed by atoms with van der Waals surface area (Å²) in [4.78, 5) is 2.28.